The molecule has 1 heterocycles. The fourth-order valence-electron chi connectivity index (χ4n) is 3.48. The van der Waals surface area contributed by atoms with Gasteiger partial charge in [-0.05, 0) is 16.9 Å². The molecule has 0 aromatic rings. The summed E-state index contributed by atoms with van der Waals surface area (Å²) in [5.74, 6) is 0. The zero-order chi connectivity index (χ0) is 14.1. The first-order chi connectivity index (χ1) is 7.15. The van der Waals surface area contributed by atoms with Crippen LogP contribution in [0.4, 0.5) is 0 Å². The molecule has 1 unspecified atom stereocenters. The van der Waals surface area contributed by atoms with E-state index in [0.717, 1.165) is 0 Å². The van der Waals surface area contributed by atoms with Gasteiger partial charge in [0, 0.05) is 1.37 Å². The zero-order valence-corrected chi connectivity index (χ0v) is 17.0. The Kier molecular flexibility index (Phi) is 3.39. The molecule has 1 aliphatic heterocycles. The van der Waals surface area contributed by atoms with Gasteiger partial charge in [0.05, 0.1) is 24.2 Å². The minimum atomic E-state index is -1.53. The second kappa shape index (κ2) is 3.93. The third-order valence-corrected chi connectivity index (χ3v) is 27.8. The van der Waals surface area contributed by atoms with Gasteiger partial charge in [-0.15, -0.1) is 0 Å². The average Bonchev–Trinajstić information content (AvgIpc) is 2.47. The second-order valence-electron chi connectivity index (χ2n) is 8.09. The molecular formula is C11H28ClPSi3. The summed E-state index contributed by atoms with van der Waals surface area (Å²) in [6, 6.07) is 0. The maximum Gasteiger partial charge on any atom is 0.0545 e. The molecule has 0 saturated carbocycles. The smallest absolute Gasteiger partial charge is 0.0545 e. The van der Waals surface area contributed by atoms with Crippen molar-refractivity contribution in [1.82, 2.24) is 0 Å². The Morgan fingerprint density at radius 3 is 1.31 bits per heavy atom. The Hall–Kier alpha value is 1.37. The summed E-state index contributed by atoms with van der Waals surface area (Å²) in [6.07, 6.45) is 0. The fraction of sp³-hybridized carbons (Fsp3) is 1.00. The largest absolute Gasteiger partial charge is 0.0964 e. The van der Waals surface area contributed by atoms with Crippen molar-refractivity contribution >= 4 is 42.7 Å². The van der Waals surface area contributed by atoms with Crippen LogP contribution in [0.25, 0.3) is 0 Å². The molecule has 0 nitrogen and oxygen atoms in total. The normalized spacial score (nSPS) is 35.9. The van der Waals surface area contributed by atoms with Crippen LogP contribution in [-0.4, -0.2) is 33.9 Å². The Morgan fingerprint density at radius 1 is 0.938 bits per heavy atom. The van der Waals surface area contributed by atoms with E-state index >= 15 is 0 Å². The zero-order valence-electron chi connectivity index (χ0n) is 13.3. The summed E-state index contributed by atoms with van der Waals surface area (Å²) >= 11 is 6.85. The summed E-state index contributed by atoms with van der Waals surface area (Å²) in [5, 5.41) is -0.230. The molecule has 16 heavy (non-hydrogen) atoms. The van der Waals surface area contributed by atoms with Gasteiger partial charge in [0.1, 0.15) is 0 Å². The van der Waals surface area contributed by atoms with Crippen molar-refractivity contribution in [2.75, 3.05) is 0 Å². The van der Waals surface area contributed by atoms with Crippen LogP contribution in [0.15, 0.2) is 0 Å². The molecule has 0 aliphatic carbocycles. The fourth-order valence-corrected chi connectivity index (χ4v) is 40.7. The first-order valence-corrected chi connectivity index (χ1v) is 18.9. The van der Waals surface area contributed by atoms with Gasteiger partial charge in [-0.2, -0.15) is 0 Å². The molecule has 1 fully saturated rings. The molecule has 5 heteroatoms. The highest BCUT2D eigenvalue weighted by atomic mass is 35.7. The van der Waals surface area contributed by atoms with Gasteiger partial charge in [0.15, 0.2) is 0 Å². The lowest BCUT2D eigenvalue weighted by Crippen LogP contribution is -2.61. The predicted molar refractivity (Wildman–Crippen MR) is 89.3 cm³/mol. The quantitative estimate of drug-likeness (QED) is 0.485. The van der Waals surface area contributed by atoms with Crippen molar-refractivity contribution in [3.8, 4) is 0 Å². The van der Waals surface area contributed by atoms with Gasteiger partial charge < -0.3 is 0 Å². The van der Waals surface area contributed by atoms with E-state index in [-0.39, 0.29) is 9.66 Å². The molecule has 0 radical (unpaired) electrons. The molecule has 0 bridgehead atoms. The van der Waals surface area contributed by atoms with Gasteiger partial charge in [0.25, 0.3) is 0 Å². The monoisotopic (exact) mass is 311 g/mol. The summed E-state index contributed by atoms with van der Waals surface area (Å²) in [4.78, 5) is 0. The van der Waals surface area contributed by atoms with Gasteiger partial charge in [-0.25, -0.2) is 0 Å². The van der Waals surface area contributed by atoms with Crippen molar-refractivity contribution in [3.05, 3.63) is 0 Å². The second-order valence-corrected chi connectivity index (χ2v) is 28.0. The van der Waals surface area contributed by atoms with E-state index in [4.69, 9.17) is 12.6 Å². The molecule has 1 rings (SSSR count). The number of hydrogen-bond acceptors (Lipinski definition) is 0. The minimum absolute atomic E-state index is 0.230. The third kappa shape index (κ3) is 2.05. The van der Waals surface area contributed by atoms with Crippen LogP contribution >= 0.6 is 18.5 Å². The molecule has 0 aromatic heterocycles. The minimum Gasteiger partial charge on any atom is -0.0964 e. The van der Waals surface area contributed by atoms with Crippen LogP contribution in [0, 0.1) is 0 Å². The van der Waals surface area contributed by atoms with Crippen molar-refractivity contribution in [2.45, 2.75) is 68.6 Å². The number of rotatable bonds is 3. The molecule has 0 N–H and O–H groups in total. The molecule has 1 saturated heterocycles. The SMILES string of the molecule is [2H]C1([Si](C)(C)C)[P@@](Cl)C1([Si](C)(C)C)[Si](C)(C)C. The lowest BCUT2D eigenvalue weighted by Gasteiger charge is -2.41. The molecule has 0 aromatic carbocycles. The highest BCUT2D eigenvalue weighted by molar-refractivity contribution is 7.99. The topological polar surface area (TPSA) is 0 Å². The first-order valence-electron chi connectivity index (χ1n) is 6.62. The number of hydrogen-bond donors (Lipinski definition) is 0. The molecule has 0 amide bonds. The molecular weight excluding hydrogens is 283 g/mol. The Labute approximate surface area is 113 Å². The van der Waals surface area contributed by atoms with E-state index in [2.05, 4.69) is 58.9 Å². The lowest BCUT2D eigenvalue weighted by atomic mass is 10.9. The maximum atomic E-state index is 9.15. The Bertz CT molecular complexity index is 315. The summed E-state index contributed by atoms with van der Waals surface area (Å²) in [7, 11) is -4.96. The van der Waals surface area contributed by atoms with E-state index in [1.807, 2.05) is 0 Å². The maximum absolute atomic E-state index is 9.15. The molecule has 1 aliphatic rings. The van der Waals surface area contributed by atoms with Crippen LogP contribution < -0.4 is 0 Å². The Morgan fingerprint density at radius 2 is 1.25 bits per heavy atom. The average molecular weight is 312 g/mol. The van der Waals surface area contributed by atoms with Crippen LogP contribution in [0.3, 0.4) is 0 Å². The molecule has 0 spiro atoms. The molecule has 2 atom stereocenters. The van der Waals surface area contributed by atoms with Crippen LogP contribution in [0.2, 0.25) is 58.9 Å². The van der Waals surface area contributed by atoms with Crippen molar-refractivity contribution in [3.63, 3.8) is 0 Å². The van der Waals surface area contributed by atoms with Gasteiger partial charge in [-0.3, -0.25) is 0 Å². The highest BCUT2D eigenvalue weighted by Crippen LogP contribution is 2.85. The van der Waals surface area contributed by atoms with Gasteiger partial charge in [-0.1, -0.05) is 70.2 Å². The van der Waals surface area contributed by atoms with Crippen LogP contribution in [0.1, 0.15) is 1.37 Å². The van der Waals surface area contributed by atoms with Crippen molar-refractivity contribution in [2.24, 2.45) is 0 Å². The highest BCUT2D eigenvalue weighted by Gasteiger charge is 2.77. The summed E-state index contributed by atoms with van der Waals surface area (Å²) < 4.78 is 9.40. The van der Waals surface area contributed by atoms with E-state index < -0.39 is 31.5 Å². The first kappa shape index (κ1) is 13.8. The molecule has 96 valence electrons. The van der Waals surface area contributed by atoms with Crippen molar-refractivity contribution < 1.29 is 1.37 Å². The van der Waals surface area contributed by atoms with E-state index in [0.29, 0.717) is 0 Å². The van der Waals surface area contributed by atoms with E-state index in [9.17, 15) is 0 Å². The summed E-state index contributed by atoms with van der Waals surface area (Å²) in [6.45, 7) is 21.7. The Balaban J connectivity index is 3.45. The lowest BCUT2D eigenvalue weighted by molar-refractivity contribution is 1.15. The van der Waals surface area contributed by atoms with Gasteiger partial charge in [0.2, 0.25) is 0 Å². The van der Waals surface area contributed by atoms with E-state index in [1.165, 1.54) is 0 Å². The number of halogens is 1. The van der Waals surface area contributed by atoms with Crippen LogP contribution in [0.5, 0.6) is 0 Å². The van der Waals surface area contributed by atoms with Crippen molar-refractivity contribution in [1.29, 1.82) is 0 Å². The van der Waals surface area contributed by atoms with Crippen LogP contribution in [-0.2, 0) is 0 Å². The third-order valence-electron chi connectivity index (χ3n) is 3.66. The summed E-state index contributed by atoms with van der Waals surface area (Å²) in [5.41, 5.74) is 0. The predicted octanol–water partition coefficient (Wildman–Crippen LogP) is 5.38. The van der Waals surface area contributed by atoms with Gasteiger partial charge >= 0.3 is 0 Å². The van der Waals surface area contributed by atoms with E-state index in [1.54, 1.807) is 0 Å². The standard InChI is InChI=1S/C11H28ClPSi3/c1-14(2,3)10-11(13(10)12,15(4,5)6)16(7,8)9/h10H,1-9H3/t10?,13-/m1/s1/i10D.